The van der Waals surface area contributed by atoms with Crippen molar-refractivity contribution in [2.24, 2.45) is 23.7 Å². The molecule has 1 N–H and O–H groups in total. The summed E-state index contributed by atoms with van der Waals surface area (Å²) in [4.78, 5) is 0. The molecule has 248 valence electrons. The van der Waals surface area contributed by atoms with E-state index in [1.807, 2.05) is 86.1 Å². The summed E-state index contributed by atoms with van der Waals surface area (Å²) in [5, 5.41) is 9.55. The van der Waals surface area contributed by atoms with Crippen molar-refractivity contribution >= 4 is 33.5 Å². The van der Waals surface area contributed by atoms with Gasteiger partial charge < -0.3 is 19.3 Å². The molecular weight excluding hydrogens is 627 g/mol. The molecule has 0 unspecified atom stereocenters. The lowest BCUT2D eigenvalue weighted by molar-refractivity contribution is -0.0913. The average molecular weight is 676 g/mol. The predicted molar refractivity (Wildman–Crippen MR) is 185 cm³/mol. The minimum Gasteiger partial charge on any atom is -0.497 e. The van der Waals surface area contributed by atoms with E-state index in [1.165, 1.54) is 12.0 Å². The molecular formula is C35H49NO6S3. The molecule has 10 heteroatoms. The Morgan fingerprint density at radius 2 is 1.44 bits per heavy atom. The summed E-state index contributed by atoms with van der Waals surface area (Å²) < 4.78 is 47.9. The number of hydrogen-bond acceptors (Lipinski definition) is 8. The van der Waals surface area contributed by atoms with E-state index < -0.39 is 20.9 Å². The number of methoxy groups -OCH3 is 3. The summed E-state index contributed by atoms with van der Waals surface area (Å²) in [5.41, 5.74) is 2.71. The fraction of sp³-hybridized carbons (Fsp3) is 0.600. The second-order valence-corrected chi connectivity index (χ2v) is 17.7. The van der Waals surface area contributed by atoms with E-state index >= 15 is 0 Å². The van der Waals surface area contributed by atoms with Crippen LogP contribution < -0.4 is 9.47 Å². The molecule has 6 atom stereocenters. The third kappa shape index (κ3) is 7.11. The molecule has 1 saturated carbocycles. The van der Waals surface area contributed by atoms with Crippen molar-refractivity contribution in [3.05, 3.63) is 71.3 Å². The zero-order valence-corrected chi connectivity index (χ0v) is 29.6. The van der Waals surface area contributed by atoms with Crippen molar-refractivity contribution in [1.29, 1.82) is 0 Å². The zero-order chi connectivity index (χ0) is 32.2. The van der Waals surface area contributed by atoms with Gasteiger partial charge in [-0.05, 0) is 109 Å². The third-order valence-electron chi connectivity index (χ3n) is 10.4. The van der Waals surface area contributed by atoms with Crippen LogP contribution in [0.25, 0.3) is 0 Å². The average Bonchev–Trinajstić information content (AvgIpc) is 3.03. The topological polar surface area (TPSA) is 85.3 Å². The fourth-order valence-corrected chi connectivity index (χ4v) is 12.5. The lowest BCUT2D eigenvalue weighted by atomic mass is 9.59. The maximum Gasteiger partial charge on any atom is 0.217 e. The van der Waals surface area contributed by atoms with Gasteiger partial charge in [0.05, 0.1) is 24.1 Å². The minimum atomic E-state index is -3.68. The molecule has 0 aromatic heterocycles. The number of aliphatic hydroxyl groups excluding tert-OH is 1. The molecule has 7 nitrogen and oxygen atoms in total. The van der Waals surface area contributed by atoms with Crippen LogP contribution in [0.3, 0.4) is 0 Å². The van der Waals surface area contributed by atoms with Gasteiger partial charge in [-0.1, -0.05) is 37.3 Å². The van der Waals surface area contributed by atoms with Crippen molar-refractivity contribution in [2.75, 3.05) is 39.4 Å². The van der Waals surface area contributed by atoms with Crippen molar-refractivity contribution < 1.29 is 27.7 Å². The zero-order valence-electron chi connectivity index (χ0n) is 27.2. The molecule has 2 aromatic rings. The van der Waals surface area contributed by atoms with E-state index in [0.717, 1.165) is 53.4 Å². The third-order valence-corrected chi connectivity index (χ3v) is 15.9. The van der Waals surface area contributed by atoms with Crippen LogP contribution in [0.5, 0.6) is 11.5 Å². The molecule has 0 radical (unpaired) electrons. The van der Waals surface area contributed by atoms with Gasteiger partial charge in [0.25, 0.3) is 0 Å². The van der Waals surface area contributed by atoms with Gasteiger partial charge in [-0.25, -0.2) is 8.42 Å². The molecule has 1 heterocycles. The number of nitrogens with zero attached hydrogens (tertiary/aromatic N) is 1. The van der Waals surface area contributed by atoms with Crippen LogP contribution in [0.1, 0.15) is 50.7 Å². The number of allylic oxidation sites excluding steroid dienone is 1. The number of sulfonamides is 1. The van der Waals surface area contributed by atoms with Gasteiger partial charge in [-0.2, -0.15) is 4.31 Å². The van der Waals surface area contributed by atoms with Crippen LogP contribution in [0.15, 0.2) is 60.2 Å². The summed E-state index contributed by atoms with van der Waals surface area (Å²) in [5.74, 6) is 4.35. The van der Waals surface area contributed by atoms with Crippen molar-refractivity contribution in [1.82, 2.24) is 4.31 Å². The molecule has 1 aliphatic heterocycles. The Bertz CT molecular complexity index is 1340. The molecule has 5 rings (SSSR count). The molecule has 2 aromatic carbocycles. The normalized spacial score (nSPS) is 25.0. The summed E-state index contributed by atoms with van der Waals surface area (Å²) in [6, 6.07) is 15.2. The number of aliphatic hydroxyl groups is 1. The van der Waals surface area contributed by atoms with Crippen LogP contribution in [-0.4, -0.2) is 72.7 Å². The van der Waals surface area contributed by atoms with Crippen LogP contribution >= 0.6 is 23.5 Å². The molecule has 2 fully saturated rings. The van der Waals surface area contributed by atoms with E-state index in [-0.39, 0.29) is 37.5 Å². The highest BCUT2D eigenvalue weighted by atomic mass is 32.2. The van der Waals surface area contributed by atoms with Gasteiger partial charge in [-0.3, -0.25) is 0 Å². The van der Waals surface area contributed by atoms with E-state index in [9.17, 15) is 13.5 Å². The number of hydrogen-bond donors (Lipinski definition) is 1. The monoisotopic (exact) mass is 675 g/mol. The first-order valence-electron chi connectivity index (χ1n) is 16.0. The Labute approximate surface area is 278 Å². The summed E-state index contributed by atoms with van der Waals surface area (Å²) >= 11 is 3.98. The highest BCUT2D eigenvalue weighted by Gasteiger charge is 2.57. The summed E-state index contributed by atoms with van der Waals surface area (Å²) in [6.45, 7) is 4.68. The largest absolute Gasteiger partial charge is 0.497 e. The lowest BCUT2D eigenvalue weighted by Gasteiger charge is -2.56. The first kappa shape index (κ1) is 34.6. The van der Waals surface area contributed by atoms with E-state index in [0.29, 0.717) is 10.5 Å². The van der Waals surface area contributed by atoms with Gasteiger partial charge >= 0.3 is 0 Å². The first-order chi connectivity index (χ1) is 21.7. The Hall–Kier alpha value is -1.69. The van der Waals surface area contributed by atoms with Gasteiger partial charge in [0.1, 0.15) is 17.1 Å². The van der Waals surface area contributed by atoms with Crippen molar-refractivity contribution in [3.63, 3.8) is 0 Å². The standard InChI is InChI=1S/C35H49NO6S3/c1-24(29-19-30(20-29)35(42-5,33-16-11-28(33)23-37)34-43-17-6-18-44-34)25(2)45(38,39)36(21-26-7-12-31(40-3)13-8-26)22-27-9-14-32(41-4)15-10-27/h7-10,12-15,19,24-25,28-29,33-34,37H,6,11,16-18,20-23H2,1-5H3/t24-,25-,28+,29+,33-,35+/m1/s1. The molecule has 0 amide bonds. The Kier molecular flexibility index (Phi) is 11.6. The lowest BCUT2D eigenvalue weighted by Crippen LogP contribution is -2.58. The molecule has 0 spiro atoms. The van der Waals surface area contributed by atoms with Crippen molar-refractivity contribution in [3.8, 4) is 11.5 Å². The van der Waals surface area contributed by atoms with Gasteiger partial charge in [0.15, 0.2) is 0 Å². The molecule has 2 aliphatic carbocycles. The van der Waals surface area contributed by atoms with Gasteiger partial charge in [-0.15, -0.1) is 23.5 Å². The number of rotatable bonds is 15. The summed E-state index contributed by atoms with van der Waals surface area (Å²) in [6.07, 6.45) is 6.45. The number of benzene rings is 2. The second kappa shape index (κ2) is 15.0. The smallest absolute Gasteiger partial charge is 0.217 e. The summed E-state index contributed by atoms with van der Waals surface area (Å²) in [7, 11) is 1.40. The van der Waals surface area contributed by atoms with E-state index in [1.54, 1.807) is 18.5 Å². The van der Waals surface area contributed by atoms with Gasteiger partial charge in [0, 0.05) is 26.8 Å². The van der Waals surface area contributed by atoms with Crippen LogP contribution in [0, 0.1) is 23.7 Å². The Balaban J connectivity index is 1.38. The van der Waals surface area contributed by atoms with Crippen LogP contribution in [0.4, 0.5) is 0 Å². The molecule has 0 bridgehead atoms. The maximum absolute atomic E-state index is 14.4. The highest BCUT2D eigenvalue weighted by molar-refractivity contribution is 8.17. The fourth-order valence-electron chi connectivity index (χ4n) is 7.10. The number of thioether (sulfide) groups is 2. The van der Waals surface area contributed by atoms with Crippen molar-refractivity contribution in [2.45, 2.75) is 68.1 Å². The molecule has 3 aliphatic rings. The van der Waals surface area contributed by atoms with Gasteiger partial charge in [0.2, 0.25) is 10.0 Å². The minimum absolute atomic E-state index is 0.0794. The molecule has 45 heavy (non-hydrogen) atoms. The van der Waals surface area contributed by atoms with E-state index in [4.69, 9.17) is 14.2 Å². The Morgan fingerprint density at radius 1 is 0.911 bits per heavy atom. The van der Waals surface area contributed by atoms with E-state index in [2.05, 4.69) is 13.0 Å². The van der Waals surface area contributed by atoms with Crippen LogP contribution in [0.2, 0.25) is 0 Å². The highest BCUT2D eigenvalue weighted by Crippen LogP contribution is 2.58. The maximum atomic E-state index is 14.4. The SMILES string of the molecule is COc1ccc(CN(Cc2ccc(OC)cc2)S(=O)(=O)[C@H](C)[C@@H](C)[C@H]2C=C([C@@](OC)(C3SCCCS3)[C@@H]3CC[C@H]3CO)C2)cc1. The number of ether oxygens (including phenoxy) is 3. The Morgan fingerprint density at radius 3 is 1.87 bits per heavy atom. The van der Waals surface area contributed by atoms with Crippen LogP contribution in [-0.2, 0) is 27.8 Å². The quantitative estimate of drug-likeness (QED) is 0.211. The predicted octanol–water partition coefficient (Wildman–Crippen LogP) is 6.61. The first-order valence-corrected chi connectivity index (χ1v) is 19.6. The molecule has 1 saturated heterocycles. The second-order valence-electron chi connectivity index (χ2n) is 12.7.